The summed E-state index contributed by atoms with van der Waals surface area (Å²) in [6, 6.07) is 3.58. The minimum Gasteiger partial charge on any atom is -0.388 e. The summed E-state index contributed by atoms with van der Waals surface area (Å²) in [6.45, 7) is 1.58. The van der Waals surface area contributed by atoms with Crippen LogP contribution in [0.5, 0.6) is 0 Å². The lowest BCUT2D eigenvalue weighted by Crippen LogP contribution is -2.34. The number of alkyl halides is 3. The fourth-order valence-electron chi connectivity index (χ4n) is 1.68. The van der Waals surface area contributed by atoms with Crippen molar-refractivity contribution in [3.05, 3.63) is 29.8 Å². The highest BCUT2D eigenvalue weighted by Crippen LogP contribution is 2.31. The zero-order chi connectivity index (χ0) is 16.3. The average Bonchev–Trinajstić information content (AvgIpc) is 2.38. The van der Waals surface area contributed by atoms with E-state index in [9.17, 15) is 21.6 Å². The molecule has 0 aliphatic rings. The number of nitrogens with one attached hydrogen (secondary N) is 1. The summed E-state index contributed by atoms with van der Waals surface area (Å²) in [5, 5.41) is 7.10. The molecule has 0 radical (unpaired) electrons. The van der Waals surface area contributed by atoms with Crippen LogP contribution < -0.4 is 5.73 Å². The first-order chi connectivity index (χ1) is 9.59. The van der Waals surface area contributed by atoms with Crippen molar-refractivity contribution in [3.8, 4) is 0 Å². The van der Waals surface area contributed by atoms with Crippen molar-refractivity contribution in [2.45, 2.75) is 24.4 Å². The number of sulfonamides is 1. The Labute approximate surface area is 121 Å². The van der Waals surface area contributed by atoms with Crippen LogP contribution in [0.2, 0.25) is 0 Å². The molecule has 0 aromatic heterocycles. The molecular weight excluding hydrogens is 307 g/mol. The van der Waals surface area contributed by atoms with Crippen molar-refractivity contribution in [1.82, 2.24) is 4.31 Å². The van der Waals surface area contributed by atoms with Gasteiger partial charge in [-0.25, -0.2) is 8.42 Å². The molecule has 0 bridgehead atoms. The third-order valence-corrected chi connectivity index (χ3v) is 4.75. The fraction of sp³-hybridized carbons (Fsp3) is 0.417. The highest BCUT2D eigenvalue weighted by molar-refractivity contribution is 7.89. The van der Waals surface area contributed by atoms with Gasteiger partial charge in [0.25, 0.3) is 0 Å². The second-order valence-corrected chi connectivity index (χ2v) is 6.24. The molecule has 0 fully saturated rings. The average molecular weight is 323 g/mol. The van der Waals surface area contributed by atoms with Gasteiger partial charge in [-0.05, 0) is 18.2 Å². The van der Waals surface area contributed by atoms with Crippen LogP contribution in [0.1, 0.15) is 18.9 Å². The molecule has 5 nitrogen and oxygen atoms in total. The van der Waals surface area contributed by atoms with Crippen LogP contribution in [0.15, 0.2) is 29.2 Å². The number of benzene rings is 1. The number of hydrogen-bond acceptors (Lipinski definition) is 3. The van der Waals surface area contributed by atoms with Crippen molar-refractivity contribution in [2.24, 2.45) is 5.73 Å². The van der Waals surface area contributed by atoms with Crippen LogP contribution in [-0.4, -0.2) is 31.6 Å². The van der Waals surface area contributed by atoms with Crippen LogP contribution in [0.4, 0.5) is 13.2 Å². The molecular formula is C12H16F3N3O2S. The van der Waals surface area contributed by atoms with E-state index in [2.05, 4.69) is 0 Å². The van der Waals surface area contributed by atoms with Gasteiger partial charge in [0.2, 0.25) is 10.0 Å². The first kappa shape index (κ1) is 17.4. The molecule has 118 valence electrons. The zero-order valence-corrected chi connectivity index (χ0v) is 12.1. The topological polar surface area (TPSA) is 87.2 Å². The van der Waals surface area contributed by atoms with E-state index in [1.165, 1.54) is 0 Å². The van der Waals surface area contributed by atoms with E-state index < -0.39 is 26.7 Å². The molecule has 3 N–H and O–H groups in total. The number of amidine groups is 1. The van der Waals surface area contributed by atoms with E-state index in [4.69, 9.17) is 11.1 Å². The molecule has 0 aliphatic heterocycles. The molecule has 21 heavy (non-hydrogen) atoms. The second kappa shape index (κ2) is 6.44. The first-order valence-corrected chi connectivity index (χ1v) is 7.53. The first-order valence-electron chi connectivity index (χ1n) is 6.09. The van der Waals surface area contributed by atoms with Crippen molar-refractivity contribution < 1.29 is 21.6 Å². The molecule has 1 rings (SSSR count). The number of nitrogens with zero attached hydrogens (tertiary/aromatic N) is 1. The molecule has 1 aromatic rings. The quantitative estimate of drug-likeness (QED) is 0.620. The maximum Gasteiger partial charge on any atom is 0.416 e. The summed E-state index contributed by atoms with van der Waals surface area (Å²) in [6.07, 6.45) is -4.59. The molecule has 9 heteroatoms. The predicted molar refractivity (Wildman–Crippen MR) is 72.4 cm³/mol. The van der Waals surface area contributed by atoms with Crippen molar-refractivity contribution >= 4 is 15.9 Å². The Bertz CT molecular complexity index is 614. The van der Waals surface area contributed by atoms with E-state index in [1.807, 2.05) is 0 Å². The Kier molecular flexibility index (Phi) is 5.35. The molecule has 0 spiro atoms. The van der Waals surface area contributed by atoms with Crippen molar-refractivity contribution in [1.29, 1.82) is 5.41 Å². The Morgan fingerprint density at radius 2 is 2.00 bits per heavy atom. The maximum absolute atomic E-state index is 12.6. The number of nitrogens with two attached hydrogens (primary N) is 1. The Hall–Kier alpha value is -1.61. The van der Waals surface area contributed by atoms with Gasteiger partial charge in [-0.15, -0.1) is 0 Å². The largest absolute Gasteiger partial charge is 0.416 e. The van der Waals surface area contributed by atoms with Gasteiger partial charge < -0.3 is 5.73 Å². The van der Waals surface area contributed by atoms with Crippen LogP contribution in [0, 0.1) is 5.41 Å². The summed E-state index contributed by atoms with van der Waals surface area (Å²) >= 11 is 0. The van der Waals surface area contributed by atoms with E-state index in [1.54, 1.807) is 6.92 Å². The molecule has 0 amide bonds. The van der Waals surface area contributed by atoms with Gasteiger partial charge in [0.1, 0.15) is 0 Å². The Morgan fingerprint density at radius 3 is 2.48 bits per heavy atom. The molecule has 0 saturated carbocycles. The van der Waals surface area contributed by atoms with E-state index in [0.717, 1.165) is 22.5 Å². The monoisotopic (exact) mass is 323 g/mol. The van der Waals surface area contributed by atoms with Gasteiger partial charge in [-0.3, -0.25) is 5.41 Å². The summed E-state index contributed by atoms with van der Waals surface area (Å²) < 4.78 is 63.5. The van der Waals surface area contributed by atoms with Crippen LogP contribution in [-0.2, 0) is 16.2 Å². The van der Waals surface area contributed by atoms with Crippen molar-refractivity contribution in [2.75, 3.05) is 13.1 Å². The third-order valence-electron chi connectivity index (χ3n) is 2.78. The predicted octanol–water partition coefficient (Wildman–Crippen LogP) is 2.04. The summed E-state index contributed by atoms with van der Waals surface area (Å²) in [5.74, 6) is -0.187. The standard InChI is InChI=1S/C12H16F3N3O2S/c1-2-18(7-6-11(16)17)21(19,20)10-5-3-4-9(8-10)12(13,14)15/h3-5,8H,2,6-7H2,1H3,(H3,16,17). The lowest BCUT2D eigenvalue weighted by Gasteiger charge is -2.20. The molecule has 0 heterocycles. The normalized spacial score (nSPS) is 12.6. The minimum absolute atomic E-state index is 0.0199. The fourth-order valence-corrected chi connectivity index (χ4v) is 3.17. The smallest absolute Gasteiger partial charge is 0.388 e. The van der Waals surface area contributed by atoms with E-state index in [-0.39, 0.29) is 25.3 Å². The second-order valence-electron chi connectivity index (χ2n) is 4.30. The Morgan fingerprint density at radius 1 is 1.38 bits per heavy atom. The van der Waals surface area contributed by atoms with Crippen LogP contribution >= 0.6 is 0 Å². The third kappa shape index (κ3) is 4.43. The molecule has 0 atom stereocenters. The van der Waals surface area contributed by atoms with Gasteiger partial charge >= 0.3 is 6.18 Å². The summed E-state index contributed by atoms with van der Waals surface area (Å²) in [7, 11) is -4.05. The summed E-state index contributed by atoms with van der Waals surface area (Å²) in [4.78, 5) is -0.428. The van der Waals surface area contributed by atoms with Gasteiger partial charge in [0.05, 0.1) is 16.3 Å². The van der Waals surface area contributed by atoms with E-state index in [0.29, 0.717) is 6.07 Å². The highest BCUT2D eigenvalue weighted by Gasteiger charge is 2.32. The summed E-state index contributed by atoms with van der Waals surface area (Å²) in [5.41, 5.74) is 4.15. The van der Waals surface area contributed by atoms with E-state index >= 15 is 0 Å². The van der Waals surface area contributed by atoms with Crippen molar-refractivity contribution in [3.63, 3.8) is 0 Å². The lowest BCUT2D eigenvalue weighted by atomic mass is 10.2. The minimum atomic E-state index is -4.61. The van der Waals surface area contributed by atoms with Gasteiger partial charge in [-0.1, -0.05) is 13.0 Å². The maximum atomic E-state index is 12.6. The molecule has 0 unspecified atom stereocenters. The molecule has 0 saturated heterocycles. The SMILES string of the molecule is CCN(CCC(=N)N)S(=O)(=O)c1cccc(C(F)(F)F)c1. The van der Waals surface area contributed by atoms with Gasteiger partial charge in [0, 0.05) is 19.5 Å². The molecule has 0 aliphatic carbocycles. The van der Waals surface area contributed by atoms with Crippen LogP contribution in [0.3, 0.4) is 0 Å². The number of rotatable bonds is 6. The van der Waals surface area contributed by atoms with Gasteiger partial charge in [0.15, 0.2) is 0 Å². The molecule has 1 aromatic carbocycles. The van der Waals surface area contributed by atoms with Gasteiger partial charge in [-0.2, -0.15) is 17.5 Å². The number of halogens is 3. The lowest BCUT2D eigenvalue weighted by molar-refractivity contribution is -0.137. The number of hydrogen-bond donors (Lipinski definition) is 2. The van der Waals surface area contributed by atoms with Crippen LogP contribution in [0.25, 0.3) is 0 Å². The highest BCUT2D eigenvalue weighted by atomic mass is 32.2. The Balaban J connectivity index is 3.14. The zero-order valence-electron chi connectivity index (χ0n) is 11.3.